The third kappa shape index (κ3) is 2.30. The standard InChI is InChI=1S/C15H16ClN3/c1-9-11-4-2-3-5-14(11)19-15(18-9)12-8-10(17)6-7-13(12)16/h6-8H,2-5,17H2,1H3. The molecule has 98 valence electrons. The zero-order chi connectivity index (χ0) is 13.4. The molecular formula is C15H16ClN3. The highest BCUT2D eigenvalue weighted by molar-refractivity contribution is 6.33. The van der Waals surface area contributed by atoms with E-state index < -0.39 is 0 Å². The van der Waals surface area contributed by atoms with Crippen LogP contribution in [0.4, 0.5) is 5.69 Å². The van der Waals surface area contributed by atoms with Crippen molar-refractivity contribution in [3.05, 3.63) is 40.2 Å². The molecule has 0 spiro atoms. The van der Waals surface area contributed by atoms with Crippen LogP contribution < -0.4 is 5.73 Å². The molecule has 0 amide bonds. The van der Waals surface area contributed by atoms with Crippen molar-refractivity contribution < 1.29 is 0 Å². The van der Waals surface area contributed by atoms with Crippen LogP contribution in [0, 0.1) is 6.92 Å². The lowest BCUT2D eigenvalue weighted by molar-refractivity contribution is 0.658. The van der Waals surface area contributed by atoms with Gasteiger partial charge in [-0.2, -0.15) is 0 Å². The number of fused-ring (bicyclic) bond motifs is 1. The van der Waals surface area contributed by atoms with Crippen molar-refractivity contribution in [2.75, 3.05) is 5.73 Å². The third-order valence-corrected chi connectivity index (χ3v) is 3.95. The van der Waals surface area contributed by atoms with Crippen LogP contribution >= 0.6 is 11.6 Å². The summed E-state index contributed by atoms with van der Waals surface area (Å²) in [4.78, 5) is 9.30. The number of aromatic nitrogens is 2. The van der Waals surface area contributed by atoms with Crippen LogP contribution in [0.5, 0.6) is 0 Å². The van der Waals surface area contributed by atoms with E-state index in [1.807, 2.05) is 6.07 Å². The summed E-state index contributed by atoms with van der Waals surface area (Å²) in [6, 6.07) is 5.42. The van der Waals surface area contributed by atoms with E-state index in [9.17, 15) is 0 Å². The monoisotopic (exact) mass is 273 g/mol. The van der Waals surface area contributed by atoms with Gasteiger partial charge in [0, 0.05) is 22.6 Å². The summed E-state index contributed by atoms with van der Waals surface area (Å²) in [7, 11) is 0. The molecule has 0 aliphatic heterocycles. The smallest absolute Gasteiger partial charge is 0.161 e. The van der Waals surface area contributed by atoms with Gasteiger partial charge in [-0.15, -0.1) is 0 Å². The summed E-state index contributed by atoms with van der Waals surface area (Å²) >= 11 is 6.23. The highest BCUT2D eigenvalue weighted by Gasteiger charge is 2.17. The van der Waals surface area contributed by atoms with E-state index in [4.69, 9.17) is 22.3 Å². The molecule has 1 aromatic carbocycles. The summed E-state index contributed by atoms with van der Waals surface area (Å²) in [5.74, 6) is 0.690. The van der Waals surface area contributed by atoms with Crippen molar-refractivity contribution in [3.63, 3.8) is 0 Å². The molecule has 0 bridgehead atoms. The molecule has 1 aromatic heterocycles. The number of benzene rings is 1. The van der Waals surface area contributed by atoms with Crippen LogP contribution in [0.3, 0.4) is 0 Å². The maximum absolute atomic E-state index is 6.23. The van der Waals surface area contributed by atoms with E-state index in [0.29, 0.717) is 16.5 Å². The van der Waals surface area contributed by atoms with E-state index in [-0.39, 0.29) is 0 Å². The van der Waals surface area contributed by atoms with Crippen molar-refractivity contribution in [2.24, 2.45) is 0 Å². The average Bonchev–Trinajstić information content (AvgIpc) is 2.41. The number of anilines is 1. The minimum Gasteiger partial charge on any atom is -0.399 e. The number of halogens is 1. The van der Waals surface area contributed by atoms with E-state index in [0.717, 1.165) is 24.1 Å². The van der Waals surface area contributed by atoms with Gasteiger partial charge in [-0.3, -0.25) is 0 Å². The Kier molecular flexibility index (Phi) is 3.15. The van der Waals surface area contributed by atoms with Crippen LogP contribution in [0.25, 0.3) is 11.4 Å². The highest BCUT2D eigenvalue weighted by Crippen LogP contribution is 2.30. The zero-order valence-electron chi connectivity index (χ0n) is 10.9. The normalized spacial score (nSPS) is 14.2. The van der Waals surface area contributed by atoms with Gasteiger partial charge in [0.1, 0.15) is 0 Å². The van der Waals surface area contributed by atoms with Crippen molar-refractivity contribution in [1.82, 2.24) is 9.97 Å². The molecule has 19 heavy (non-hydrogen) atoms. The molecular weight excluding hydrogens is 258 g/mol. The molecule has 3 nitrogen and oxygen atoms in total. The molecule has 1 heterocycles. The summed E-state index contributed by atoms with van der Waals surface area (Å²) in [6.45, 7) is 2.05. The van der Waals surface area contributed by atoms with Crippen molar-refractivity contribution in [1.29, 1.82) is 0 Å². The molecule has 2 aromatic rings. The molecule has 2 N–H and O–H groups in total. The number of nitrogens with two attached hydrogens (primary N) is 1. The molecule has 3 rings (SSSR count). The van der Waals surface area contributed by atoms with Crippen molar-refractivity contribution in [2.45, 2.75) is 32.6 Å². The van der Waals surface area contributed by atoms with E-state index in [1.54, 1.807) is 12.1 Å². The average molecular weight is 274 g/mol. The minimum atomic E-state index is 0.643. The molecule has 0 radical (unpaired) electrons. The van der Waals surface area contributed by atoms with Gasteiger partial charge in [-0.25, -0.2) is 9.97 Å². The quantitative estimate of drug-likeness (QED) is 0.808. The topological polar surface area (TPSA) is 51.8 Å². The fraction of sp³-hybridized carbons (Fsp3) is 0.333. The minimum absolute atomic E-state index is 0.643. The lowest BCUT2D eigenvalue weighted by Crippen LogP contribution is -2.10. The van der Waals surface area contributed by atoms with Crippen LogP contribution in [0.15, 0.2) is 18.2 Å². The second-order valence-corrected chi connectivity index (χ2v) is 5.41. The Bertz CT molecular complexity index is 638. The molecule has 0 saturated carbocycles. The Morgan fingerprint density at radius 3 is 2.79 bits per heavy atom. The Morgan fingerprint density at radius 1 is 1.16 bits per heavy atom. The zero-order valence-corrected chi connectivity index (χ0v) is 11.7. The number of rotatable bonds is 1. The first-order valence-corrected chi connectivity index (χ1v) is 6.95. The van der Waals surface area contributed by atoms with E-state index >= 15 is 0 Å². The van der Waals surface area contributed by atoms with Gasteiger partial charge < -0.3 is 5.73 Å². The fourth-order valence-corrected chi connectivity index (χ4v) is 2.82. The number of aryl methyl sites for hydroxylation is 2. The van der Waals surface area contributed by atoms with Crippen LogP contribution in [0.2, 0.25) is 5.02 Å². The van der Waals surface area contributed by atoms with E-state index in [2.05, 4.69) is 11.9 Å². The van der Waals surface area contributed by atoms with Gasteiger partial charge in [0.05, 0.1) is 5.02 Å². The predicted molar refractivity (Wildman–Crippen MR) is 78.3 cm³/mol. The molecule has 1 aliphatic carbocycles. The molecule has 0 unspecified atom stereocenters. The third-order valence-electron chi connectivity index (χ3n) is 3.62. The molecule has 0 atom stereocenters. The molecule has 4 heteroatoms. The van der Waals surface area contributed by atoms with Crippen molar-refractivity contribution >= 4 is 17.3 Å². The Hall–Kier alpha value is -1.61. The van der Waals surface area contributed by atoms with Gasteiger partial charge in [0.2, 0.25) is 0 Å². The van der Waals surface area contributed by atoms with Gasteiger partial charge >= 0.3 is 0 Å². The van der Waals surface area contributed by atoms with Crippen molar-refractivity contribution in [3.8, 4) is 11.4 Å². The Morgan fingerprint density at radius 2 is 1.95 bits per heavy atom. The maximum Gasteiger partial charge on any atom is 0.161 e. The maximum atomic E-state index is 6.23. The second-order valence-electron chi connectivity index (χ2n) is 5.00. The fourth-order valence-electron chi connectivity index (χ4n) is 2.62. The summed E-state index contributed by atoms with van der Waals surface area (Å²) < 4.78 is 0. The second kappa shape index (κ2) is 4.82. The lowest BCUT2D eigenvalue weighted by Gasteiger charge is -2.18. The first-order chi connectivity index (χ1) is 9.15. The molecule has 0 fully saturated rings. The van der Waals surface area contributed by atoms with Crippen LogP contribution in [-0.4, -0.2) is 9.97 Å². The van der Waals surface area contributed by atoms with Crippen LogP contribution in [0.1, 0.15) is 29.8 Å². The van der Waals surface area contributed by atoms with E-state index in [1.165, 1.54) is 24.1 Å². The van der Waals surface area contributed by atoms with Crippen LogP contribution in [-0.2, 0) is 12.8 Å². The highest BCUT2D eigenvalue weighted by atomic mass is 35.5. The number of nitrogens with zero attached hydrogens (tertiary/aromatic N) is 2. The molecule has 0 saturated heterocycles. The van der Waals surface area contributed by atoms with Gasteiger partial charge in [-0.05, 0) is 56.4 Å². The summed E-state index contributed by atoms with van der Waals surface area (Å²) in [5, 5.41) is 0.643. The first-order valence-electron chi connectivity index (χ1n) is 6.57. The number of hydrogen-bond donors (Lipinski definition) is 1. The van der Waals surface area contributed by atoms with Gasteiger partial charge in [0.15, 0.2) is 5.82 Å². The summed E-state index contributed by atoms with van der Waals surface area (Å²) in [6.07, 6.45) is 4.56. The SMILES string of the molecule is Cc1nc(-c2cc(N)ccc2Cl)nc2c1CCCC2. The number of nitrogen functional groups attached to an aromatic ring is 1. The lowest BCUT2D eigenvalue weighted by atomic mass is 9.95. The Balaban J connectivity index is 2.15. The Labute approximate surface area is 117 Å². The van der Waals surface area contributed by atoms with Gasteiger partial charge in [0.25, 0.3) is 0 Å². The predicted octanol–water partition coefficient (Wildman–Crippen LogP) is 3.57. The van der Waals surface area contributed by atoms with Gasteiger partial charge in [-0.1, -0.05) is 11.6 Å². The largest absolute Gasteiger partial charge is 0.399 e. The summed E-state index contributed by atoms with van der Waals surface area (Å²) in [5.41, 5.74) is 10.9. The molecule has 1 aliphatic rings. The number of hydrogen-bond acceptors (Lipinski definition) is 3. The first kappa shape index (κ1) is 12.4.